The van der Waals surface area contributed by atoms with E-state index in [0.717, 1.165) is 12.8 Å². The highest BCUT2D eigenvalue weighted by Gasteiger charge is 2.29. The van der Waals surface area contributed by atoms with Gasteiger partial charge in [0.25, 0.3) is 5.91 Å². The van der Waals surface area contributed by atoms with Gasteiger partial charge in [-0.25, -0.2) is 13.6 Å². The van der Waals surface area contributed by atoms with Crippen LogP contribution in [0, 0.1) is 0 Å². The fourth-order valence-electron chi connectivity index (χ4n) is 1.53. The van der Waals surface area contributed by atoms with Crippen LogP contribution in [0.2, 0.25) is 0 Å². The number of sulfonamides is 1. The summed E-state index contributed by atoms with van der Waals surface area (Å²) in [6, 6.07) is 4.30. The standard InChI is InChI=1S/C11H14N2O4S/c1-13-11(14)8-3-2-4-9(18(12,15)16)10(8)17-7-5-6-7/h2-4,7H,5-6H2,1H3,(H,13,14)(H2,12,15,16). The molecule has 1 saturated carbocycles. The van der Waals surface area contributed by atoms with Gasteiger partial charge in [0.05, 0.1) is 11.7 Å². The third-order valence-corrected chi connectivity index (χ3v) is 3.50. The largest absolute Gasteiger partial charge is 0.488 e. The molecule has 1 amide bonds. The maximum absolute atomic E-state index is 11.7. The summed E-state index contributed by atoms with van der Waals surface area (Å²) in [6.45, 7) is 0. The van der Waals surface area contributed by atoms with Crippen LogP contribution in [0.4, 0.5) is 0 Å². The highest BCUT2D eigenvalue weighted by Crippen LogP contribution is 2.33. The fraction of sp³-hybridized carbons (Fsp3) is 0.364. The maximum atomic E-state index is 11.7. The second kappa shape index (κ2) is 4.58. The smallest absolute Gasteiger partial charge is 0.254 e. The fourth-order valence-corrected chi connectivity index (χ4v) is 2.21. The van der Waals surface area contributed by atoms with E-state index in [4.69, 9.17) is 9.88 Å². The molecular weight excluding hydrogens is 256 g/mol. The third kappa shape index (κ3) is 2.62. The lowest BCUT2D eigenvalue weighted by Gasteiger charge is -2.13. The van der Waals surface area contributed by atoms with Gasteiger partial charge in [-0.3, -0.25) is 4.79 Å². The molecule has 18 heavy (non-hydrogen) atoms. The number of amides is 1. The number of para-hydroxylation sites is 1. The Morgan fingerprint density at radius 3 is 2.61 bits per heavy atom. The van der Waals surface area contributed by atoms with Gasteiger partial charge in [0.15, 0.2) is 5.75 Å². The van der Waals surface area contributed by atoms with Crippen LogP contribution >= 0.6 is 0 Å². The van der Waals surface area contributed by atoms with Crippen molar-refractivity contribution in [3.05, 3.63) is 23.8 Å². The molecule has 0 aromatic heterocycles. The molecule has 3 N–H and O–H groups in total. The van der Waals surface area contributed by atoms with E-state index in [1.165, 1.54) is 25.2 Å². The number of benzene rings is 1. The van der Waals surface area contributed by atoms with Crippen molar-refractivity contribution in [3.8, 4) is 5.75 Å². The zero-order valence-corrected chi connectivity index (χ0v) is 10.7. The number of hydrogen-bond donors (Lipinski definition) is 2. The minimum absolute atomic E-state index is 0.0312. The average molecular weight is 270 g/mol. The summed E-state index contributed by atoms with van der Waals surface area (Å²) in [5.74, 6) is -0.363. The predicted molar refractivity (Wildman–Crippen MR) is 64.9 cm³/mol. The monoisotopic (exact) mass is 270 g/mol. The van der Waals surface area contributed by atoms with Gasteiger partial charge in [-0.15, -0.1) is 0 Å². The molecule has 0 spiro atoms. The lowest BCUT2D eigenvalue weighted by molar-refractivity contribution is 0.0958. The first-order valence-corrected chi connectivity index (χ1v) is 7.02. The van der Waals surface area contributed by atoms with Crippen molar-refractivity contribution < 1.29 is 17.9 Å². The Morgan fingerprint density at radius 1 is 1.44 bits per heavy atom. The average Bonchev–Trinajstić information content (AvgIpc) is 3.11. The molecule has 0 saturated heterocycles. The summed E-state index contributed by atoms with van der Waals surface area (Å²) in [7, 11) is -2.46. The van der Waals surface area contributed by atoms with Crippen molar-refractivity contribution in [1.29, 1.82) is 0 Å². The number of nitrogens with two attached hydrogens (primary N) is 1. The van der Waals surface area contributed by atoms with E-state index in [-0.39, 0.29) is 22.3 Å². The molecule has 1 fully saturated rings. The van der Waals surface area contributed by atoms with Gasteiger partial charge in [0, 0.05) is 7.05 Å². The molecule has 0 heterocycles. The van der Waals surface area contributed by atoms with E-state index >= 15 is 0 Å². The van der Waals surface area contributed by atoms with Gasteiger partial charge in [0.1, 0.15) is 4.90 Å². The lowest BCUT2D eigenvalue weighted by atomic mass is 10.2. The van der Waals surface area contributed by atoms with Crippen molar-refractivity contribution in [1.82, 2.24) is 5.32 Å². The first-order valence-electron chi connectivity index (χ1n) is 5.48. The second-order valence-electron chi connectivity index (χ2n) is 4.07. The van der Waals surface area contributed by atoms with Crippen LogP contribution < -0.4 is 15.2 Å². The van der Waals surface area contributed by atoms with Gasteiger partial charge in [-0.05, 0) is 25.0 Å². The van der Waals surface area contributed by atoms with Gasteiger partial charge >= 0.3 is 0 Å². The molecule has 0 bridgehead atoms. The first-order chi connectivity index (χ1) is 8.43. The van der Waals surface area contributed by atoms with E-state index in [0.29, 0.717) is 0 Å². The highest BCUT2D eigenvalue weighted by molar-refractivity contribution is 7.89. The Morgan fingerprint density at radius 2 is 2.11 bits per heavy atom. The van der Waals surface area contributed by atoms with E-state index in [2.05, 4.69) is 5.32 Å². The molecule has 0 unspecified atom stereocenters. The number of nitrogens with one attached hydrogen (secondary N) is 1. The molecule has 1 aliphatic carbocycles. The molecule has 98 valence electrons. The maximum Gasteiger partial charge on any atom is 0.254 e. The molecule has 1 aromatic carbocycles. The Kier molecular flexibility index (Phi) is 3.27. The summed E-state index contributed by atoms with van der Waals surface area (Å²) in [6.07, 6.45) is 1.68. The Balaban J connectivity index is 2.55. The van der Waals surface area contributed by atoms with Crippen LogP contribution in [0.1, 0.15) is 23.2 Å². The minimum atomic E-state index is -3.92. The molecule has 1 aliphatic rings. The first kappa shape index (κ1) is 12.8. The van der Waals surface area contributed by atoms with Gasteiger partial charge in [-0.2, -0.15) is 0 Å². The summed E-state index contributed by atoms with van der Waals surface area (Å²) < 4.78 is 28.5. The highest BCUT2D eigenvalue weighted by atomic mass is 32.2. The number of primary sulfonamides is 1. The molecule has 0 atom stereocenters. The molecule has 1 aromatic rings. The van der Waals surface area contributed by atoms with Crippen LogP contribution in [-0.2, 0) is 10.0 Å². The van der Waals surface area contributed by atoms with Crippen molar-refractivity contribution in [2.45, 2.75) is 23.8 Å². The zero-order valence-electron chi connectivity index (χ0n) is 9.84. The predicted octanol–water partition coefficient (Wildman–Crippen LogP) is 0.235. The van der Waals surface area contributed by atoms with Crippen LogP contribution in [0.3, 0.4) is 0 Å². The normalized spacial score (nSPS) is 15.2. The van der Waals surface area contributed by atoms with E-state index < -0.39 is 15.9 Å². The van der Waals surface area contributed by atoms with Crippen LogP contribution in [0.5, 0.6) is 5.75 Å². The molecule has 6 nitrogen and oxygen atoms in total. The van der Waals surface area contributed by atoms with E-state index in [9.17, 15) is 13.2 Å². The Bertz CT molecular complexity index is 579. The summed E-state index contributed by atoms with van der Waals surface area (Å²) in [5.41, 5.74) is 0.177. The van der Waals surface area contributed by atoms with Crippen molar-refractivity contribution in [2.75, 3.05) is 7.05 Å². The lowest BCUT2D eigenvalue weighted by Crippen LogP contribution is -2.22. The summed E-state index contributed by atoms with van der Waals surface area (Å²) in [4.78, 5) is 11.5. The minimum Gasteiger partial charge on any atom is -0.488 e. The number of ether oxygens (including phenoxy) is 1. The van der Waals surface area contributed by atoms with Crippen molar-refractivity contribution in [3.63, 3.8) is 0 Å². The Labute approximate surface area is 105 Å². The number of carbonyl (C=O) groups excluding carboxylic acids is 1. The van der Waals surface area contributed by atoms with E-state index in [1.807, 2.05) is 0 Å². The quantitative estimate of drug-likeness (QED) is 0.818. The van der Waals surface area contributed by atoms with Gasteiger partial charge in [-0.1, -0.05) is 6.07 Å². The number of carbonyl (C=O) groups is 1. The molecule has 0 radical (unpaired) electrons. The SMILES string of the molecule is CNC(=O)c1cccc(S(N)(=O)=O)c1OC1CC1. The van der Waals surface area contributed by atoms with E-state index in [1.54, 1.807) is 0 Å². The topological polar surface area (TPSA) is 98.5 Å². The van der Waals surface area contributed by atoms with Crippen molar-refractivity contribution in [2.24, 2.45) is 5.14 Å². The third-order valence-electron chi connectivity index (χ3n) is 2.57. The molecule has 2 rings (SSSR count). The van der Waals surface area contributed by atoms with Crippen LogP contribution in [-0.4, -0.2) is 27.5 Å². The molecular formula is C11H14N2O4S. The van der Waals surface area contributed by atoms with Crippen molar-refractivity contribution >= 4 is 15.9 Å². The molecule has 0 aliphatic heterocycles. The van der Waals surface area contributed by atoms with Crippen LogP contribution in [0.15, 0.2) is 23.1 Å². The molecule has 7 heteroatoms. The zero-order chi connectivity index (χ0) is 13.3. The Hall–Kier alpha value is -1.60. The second-order valence-corrected chi connectivity index (χ2v) is 5.60. The number of rotatable bonds is 4. The van der Waals surface area contributed by atoms with Gasteiger partial charge in [0.2, 0.25) is 10.0 Å². The number of hydrogen-bond acceptors (Lipinski definition) is 4. The van der Waals surface area contributed by atoms with Gasteiger partial charge < -0.3 is 10.1 Å². The van der Waals surface area contributed by atoms with Crippen LogP contribution in [0.25, 0.3) is 0 Å². The summed E-state index contributed by atoms with van der Waals surface area (Å²) in [5, 5.41) is 7.56. The summed E-state index contributed by atoms with van der Waals surface area (Å²) >= 11 is 0.